The number of pyridine rings is 1. The lowest BCUT2D eigenvalue weighted by Gasteiger charge is -2.09. The number of carbonyl (C=O) groups is 1. The number of amides is 1. The van der Waals surface area contributed by atoms with Gasteiger partial charge in [-0.25, -0.2) is 8.78 Å². The highest BCUT2D eigenvalue weighted by Crippen LogP contribution is 2.33. The monoisotopic (exact) mass is 422 g/mol. The molecule has 142 valence electrons. The molecule has 12 heteroatoms. The Kier molecular flexibility index (Phi) is 5.24. The van der Waals surface area contributed by atoms with Crippen LogP contribution in [0.2, 0.25) is 5.02 Å². The second kappa shape index (κ2) is 7.31. The van der Waals surface area contributed by atoms with Crippen LogP contribution in [0, 0.1) is 11.6 Å². The number of hydrogen-bond acceptors (Lipinski definition) is 4. The van der Waals surface area contributed by atoms with Crippen molar-refractivity contribution in [3.8, 4) is 0 Å². The highest BCUT2D eigenvalue weighted by molar-refractivity contribution is 7.99. The zero-order valence-corrected chi connectivity index (χ0v) is 14.6. The van der Waals surface area contributed by atoms with Gasteiger partial charge < -0.3 is 5.32 Å². The van der Waals surface area contributed by atoms with Crippen molar-refractivity contribution in [2.24, 2.45) is 0 Å². The maximum absolute atomic E-state index is 13.1. The first-order valence-corrected chi connectivity index (χ1v) is 8.50. The highest BCUT2D eigenvalue weighted by Gasteiger charge is 2.32. The number of thioether (sulfide) groups is 1. The molecule has 0 fully saturated rings. The smallest absolute Gasteiger partial charge is 0.325 e. The number of halogens is 6. The third-order valence-corrected chi connectivity index (χ3v) is 4.51. The predicted octanol–water partition coefficient (Wildman–Crippen LogP) is 4.41. The molecule has 3 rings (SSSR count). The molecule has 0 aliphatic rings. The van der Waals surface area contributed by atoms with Crippen LogP contribution in [0.4, 0.5) is 27.6 Å². The summed E-state index contributed by atoms with van der Waals surface area (Å²) >= 11 is 6.60. The number of rotatable bonds is 4. The zero-order chi connectivity index (χ0) is 19.8. The number of benzene rings is 1. The number of aromatic nitrogens is 3. The summed E-state index contributed by atoms with van der Waals surface area (Å²) in [5, 5.41) is 9.52. The minimum atomic E-state index is -4.62. The average molecular weight is 423 g/mol. The van der Waals surface area contributed by atoms with Crippen LogP contribution in [-0.4, -0.2) is 26.3 Å². The van der Waals surface area contributed by atoms with Crippen LogP contribution >= 0.6 is 23.4 Å². The first kappa shape index (κ1) is 19.4. The molecule has 0 bridgehead atoms. The Morgan fingerprint density at radius 1 is 1.19 bits per heavy atom. The molecule has 0 saturated carbocycles. The van der Waals surface area contributed by atoms with Gasteiger partial charge in [0.25, 0.3) is 0 Å². The lowest BCUT2D eigenvalue weighted by Crippen LogP contribution is -2.14. The average Bonchev–Trinajstić information content (AvgIpc) is 2.99. The Labute approximate surface area is 157 Å². The second-order valence-electron chi connectivity index (χ2n) is 5.22. The van der Waals surface area contributed by atoms with Crippen molar-refractivity contribution >= 4 is 40.6 Å². The van der Waals surface area contributed by atoms with E-state index in [4.69, 9.17) is 11.6 Å². The van der Waals surface area contributed by atoms with Gasteiger partial charge >= 0.3 is 6.18 Å². The van der Waals surface area contributed by atoms with E-state index in [0.29, 0.717) is 0 Å². The molecular formula is C15H8ClF5N4OS. The van der Waals surface area contributed by atoms with Crippen LogP contribution in [0.15, 0.2) is 35.6 Å². The highest BCUT2D eigenvalue weighted by atomic mass is 35.5. The molecule has 0 aliphatic carbocycles. The second-order valence-corrected chi connectivity index (χ2v) is 6.57. The van der Waals surface area contributed by atoms with Crippen molar-refractivity contribution < 1.29 is 26.7 Å². The summed E-state index contributed by atoms with van der Waals surface area (Å²) in [6.45, 7) is 0. The van der Waals surface area contributed by atoms with Crippen LogP contribution in [0.1, 0.15) is 5.56 Å². The van der Waals surface area contributed by atoms with Gasteiger partial charge in [-0.15, -0.1) is 10.2 Å². The minimum Gasteiger partial charge on any atom is -0.325 e. The largest absolute Gasteiger partial charge is 0.417 e. The summed E-state index contributed by atoms with van der Waals surface area (Å²) in [5.74, 6) is -3.04. The predicted molar refractivity (Wildman–Crippen MR) is 88.7 cm³/mol. The maximum Gasteiger partial charge on any atom is 0.417 e. The molecule has 0 atom stereocenters. The van der Waals surface area contributed by atoms with Crippen LogP contribution in [-0.2, 0) is 11.0 Å². The Morgan fingerprint density at radius 2 is 1.93 bits per heavy atom. The van der Waals surface area contributed by atoms with Crippen LogP contribution in [0.25, 0.3) is 5.65 Å². The topological polar surface area (TPSA) is 59.3 Å². The Bertz CT molecular complexity index is 1020. The summed E-state index contributed by atoms with van der Waals surface area (Å²) in [4.78, 5) is 11.9. The van der Waals surface area contributed by atoms with Gasteiger partial charge in [0.05, 0.1) is 16.3 Å². The molecule has 27 heavy (non-hydrogen) atoms. The van der Waals surface area contributed by atoms with Crippen LogP contribution < -0.4 is 5.32 Å². The number of fused-ring (bicyclic) bond motifs is 1. The molecular weight excluding hydrogens is 415 g/mol. The maximum atomic E-state index is 13.1. The summed E-state index contributed by atoms with van der Waals surface area (Å²) in [6, 6.07) is 3.56. The standard InChI is InChI=1S/C15H8ClF5N4OS/c16-9-3-7(15(19,20)21)5-25-13(9)23-24-14(25)27-6-12(26)22-8-1-2-10(17)11(18)4-8/h1-5H,6H2,(H,22,26). The Morgan fingerprint density at radius 3 is 2.59 bits per heavy atom. The molecule has 2 aromatic heterocycles. The number of nitrogens with zero attached hydrogens (tertiary/aromatic N) is 3. The Balaban J connectivity index is 1.75. The van der Waals surface area contributed by atoms with E-state index in [9.17, 15) is 26.7 Å². The minimum absolute atomic E-state index is 0.00757. The quantitative estimate of drug-likeness (QED) is 0.500. The van der Waals surface area contributed by atoms with Gasteiger partial charge in [-0.1, -0.05) is 23.4 Å². The third-order valence-electron chi connectivity index (χ3n) is 3.29. The van der Waals surface area contributed by atoms with E-state index < -0.39 is 29.3 Å². The van der Waals surface area contributed by atoms with E-state index >= 15 is 0 Å². The van der Waals surface area contributed by atoms with E-state index in [2.05, 4.69) is 15.5 Å². The molecule has 0 radical (unpaired) electrons. The summed E-state index contributed by atoms with van der Waals surface area (Å²) in [7, 11) is 0. The molecule has 0 saturated heterocycles. The van der Waals surface area contributed by atoms with E-state index in [1.807, 2.05) is 0 Å². The van der Waals surface area contributed by atoms with Gasteiger partial charge in [-0.2, -0.15) is 13.2 Å². The van der Waals surface area contributed by atoms with E-state index in [1.54, 1.807) is 0 Å². The van der Waals surface area contributed by atoms with Crippen molar-refractivity contribution in [2.45, 2.75) is 11.3 Å². The van der Waals surface area contributed by atoms with Gasteiger partial charge in [0, 0.05) is 18.0 Å². The van der Waals surface area contributed by atoms with E-state index in [0.717, 1.165) is 40.6 Å². The van der Waals surface area contributed by atoms with Gasteiger partial charge in [-0.05, 0) is 18.2 Å². The zero-order valence-electron chi connectivity index (χ0n) is 13.0. The molecule has 1 amide bonds. The molecule has 1 aromatic carbocycles. The van der Waals surface area contributed by atoms with Crippen molar-refractivity contribution in [3.05, 3.63) is 52.7 Å². The van der Waals surface area contributed by atoms with Crippen molar-refractivity contribution in [1.82, 2.24) is 14.6 Å². The number of anilines is 1. The fourth-order valence-electron chi connectivity index (χ4n) is 2.09. The van der Waals surface area contributed by atoms with Crippen molar-refractivity contribution in [1.29, 1.82) is 0 Å². The number of carbonyl (C=O) groups excluding carboxylic acids is 1. The van der Waals surface area contributed by atoms with Crippen molar-refractivity contribution in [3.63, 3.8) is 0 Å². The first-order valence-electron chi connectivity index (χ1n) is 7.14. The molecule has 0 spiro atoms. The summed E-state index contributed by atoms with van der Waals surface area (Å²) < 4.78 is 65.8. The first-order chi connectivity index (χ1) is 12.6. The van der Waals surface area contributed by atoms with Gasteiger partial charge in [-0.3, -0.25) is 9.20 Å². The number of nitrogens with one attached hydrogen (secondary N) is 1. The fraction of sp³-hybridized carbons (Fsp3) is 0.133. The molecule has 1 N–H and O–H groups in total. The number of hydrogen-bond donors (Lipinski definition) is 1. The molecule has 0 unspecified atom stereocenters. The number of alkyl halides is 3. The lowest BCUT2D eigenvalue weighted by atomic mass is 10.3. The molecule has 2 heterocycles. The lowest BCUT2D eigenvalue weighted by molar-refractivity contribution is -0.137. The van der Waals surface area contributed by atoms with Crippen molar-refractivity contribution in [2.75, 3.05) is 11.1 Å². The summed E-state index contributed by atoms with van der Waals surface area (Å²) in [6.07, 6.45) is -3.84. The van der Waals surface area contributed by atoms with Gasteiger partial charge in [0.1, 0.15) is 0 Å². The van der Waals surface area contributed by atoms with E-state index in [1.165, 1.54) is 6.07 Å². The van der Waals surface area contributed by atoms with Crippen LogP contribution in [0.5, 0.6) is 0 Å². The third kappa shape index (κ3) is 4.30. The van der Waals surface area contributed by atoms with Gasteiger partial charge in [0.2, 0.25) is 5.91 Å². The SMILES string of the molecule is O=C(CSc1nnc2c(Cl)cc(C(F)(F)F)cn12)Nc1ccc(F)c(F)c1. The summed E-state index contributed by atoms with van der Waals surface area (Å²) in [5.41, 5.74) is -0.950. The Hall–Kier alpha value is -2.40. The fourth-order valence-corrected chi connectivity index (χ4v) is 3.04. The molecule has 3 aromatic rings. The van der Waals surface area contributed by atoms with Gasteiger partial charge in [0.15, 0.2) is 22.4 Å². The molecule has 0 aliphatic heterocycles. The molecule has 5 nitrogen and oxygen atoms in total. The van der Waals surface area contributed by atoms with Crippen LogP contribution in [0.3, 0.4) is 0 Å². The normalized spacial score (nSPS) is 11.8. The van der Waals surface area contributed by atoms with E-state index in [-0.39, 0.29) is 27.3 Å².